The van der Waals surface area contributed by atoms with E-state index in [1.807, 2.05) is 0 Å². The summed E-state index contributed by atoms with van der Waals surface area (Å²) in [4.78, 5) is 0. The smallest absolute Gasteiger partial charge is 0.125 e. The van der Waals surface area contributed by atoms with Gasteiger partial charge in [-0.05, 0) is 36.8 Å². The number of rotatable bonds is 5. The number of hydrogen-bond acceptors (Lipinski definition) is 1. The van der Waals surface area contributed by atoms with Crippen molar-refractivity contribution in [2.24, 2.45) is 5.92 Å². The zero-order valence-electron chi connectivity index (χ0n) is 12.2. The number of aryl methyl sites for hydroxylation is 2. The van der Waals surface area contributed by atoms with E-state index in [-0.39, 0.29) is 0 Å². The second kappa shape index (κ2) is 6.50. The van der Waals surface area contributed by atoms with E-state index < -0.39 is 0 Å². The Bertz CT molecular complexity index is 438. The van der Waals surface area contributed by atoms with Crippen molar-refractivity contribution in [2.75, 3.05) is 6.61 Å². The molecule has 1 nitrogen and oxygen atoms in total. The van der Waals surface area contributed by atoms with Gasteiger partial charge in [0.15, 0.2) is 0 Å². The predicted octanol–water partition coefficient (Wildman–Crippen LogP) is 4.47. The molecule has 0 aromatic heterocycles. The van der Waals surface area contributed by atoms with E-state index in [1.54, 1.807) is 0 Å². The fourth-order valence-corrected chi connectivity index (χ4v) is 2.09. The van der Waals surface area contributed by atoms with Crippen LogP contribution >= 0.6 is 0 Å². The van der Waals surface area contributed by atoms with Gasteiger partial charge in [-0.3, -0.25) is 0 Å². The summed E-state index contributed by atoms with van der Waals surface area (Å²) < 4.78 is 5.98. The Hall–Kier alpha value is -1.42. The summed E-state index contributed by atoms with van der Waals surface area (Å²) in [7, 11) is 0. The Morgan fingerprint density at radius 1 is 1.22 bits per heavy atom. The van der Waals surface area contributed by atoms with Crippen LogP contribution in [0.25, 0.3) is 0 Å². The van der Waals surface area contributed by atoms with Crippen LogP contribution in [0.2, 0.25) is 0 Å². The lowest BCUT2D eigenvalue weighted by Crippen LogP contribution is -2.09. The predicted molar refractivity (Wildman–Crippen MR) is 78.1 cm³/mol. The molecule has 0 aliphatic carbocycles. The third kappa shape index (κ3) is 3.81. The largest absolute Gasteiger partial charge is 0.493 e. The summed E-state index contributed by atoms with van der Waals surface area (Å²) in [6.07, 6.45) is 6.18. The van der Waals surface area contributed by atoms with Gasteiger partial charge in [-0.15, -0.1) is 12.3 Å². The third-order valence-electron chi connectivity index (χ3n) is 2.96. The van der Waals surface area contributed by atoms with Crippen molar-refractivity contribution < 1.29 is 4.74 Å². The van der Waals surface area contributed by atoms with Crippen molar-refractivity contribution in [1.82, 2.24) is 0 Å². The van der Waals surface area contributed by atoms with Crippen LogP contribution in [0, 0.1) is 32.1 Å². The van der Waals surface area contributed by atoms with E-state index in [9.17, 15) is 0 Å². The maximum absolute atomic E-state index is 5.98. The molecule has 1 rings (SSSR count). The molecule has 1 heteroatoms. The first-order valence-electron chi connectivity index (χ1n) is 6.63. The molecule has 0 aliphatic rings. The highest BCUT2D eigenvalue weighted by Gasteiger charge is 2.14. The molecule has 0 radical (unpaired) electrons. The number of ether oxygens (including phenoxy) is 1. The van der Waals surface area contributed by atoms with Gasteiger partial charge in [0, 0.05) is 6.42 Å². The van der Waals surface area contributed by atoms with E-state index >= 15 is 0 Å². The Morgan fingerprint density at radius 2 is 1.89 bits per heavy atom. The molecular formula is C17H24O. The fraction of sp³-hybridized carbons (Fsp3) is 0.529. The van der Waals surface area contributed by atoms with Gasteiger partial charge in [-0.25, -0.2) is 0 Å². The van der Waals surface area contributed by atoms with Gasteiger partial charge in [-0.2, -0.15) is 0 Å². The molecule has 1 aromatic rings. The van der Waals surface area contributed by atoms with E-state index in [0.717, 1.165) is 18.8 Å². The van der Waals surface area contributed by atoms with Crippen LogP contribution < -0.4 is 4.74 Å². The first-order chi connectivity index (χ1) is 8.45. The molecular weight excluding hydrogens is 220 g/mol. The van der Waals surface area contributed by atoms with Crippen LogP contribution in [0.5, 0.6) is 5.75 Å². The summed E-state index contributed by atoms with van der Waals surface area (Å²) in [5.41, 5.74) is 3.71. The fourth-order valence-electron chi connectivity index (χ4n) is 2.09. The minimum atomic E-state index is 0.343. The lowest BCUT2D eigenvalue weighted by Gasteiger charge is -2.19. The molecule has 0 aliphatic heterocycles. The van der Waals surface area contributed by atoms with Crippen molar-refractivity contribution in [3.05, 3.63) is 28.8 Å². The first-order valence-corrected chi connectivity index (χ1v) is 6.63. The number of terminal acetylenes is 1. The molecule has 0 fully saturated rings. The van der Waals surface area contributed by atoms with Gasteiger partial charge in [0.25, 0.3) is 0 Å². The standard InChI is InChI=1S/C17H24O/c1-7-8-14(5)16-10-13(4)9-15(6)17(16)18-11-12(2)3/h1,9-10,12,14H,8,11H2,2-6H3. The first kappa shape index (κ1) is 14.6. The Morgan fingerprint density at radius 3 is 2.44 bits per heavy atom. The third-order valence-corrected chi connectivity index (χ3v) is 2.96. The summed E-state index contributed by atoms with van der Waals surface area (Å²) in [6.45, 7) is 11.5. The van der Waals surface area contributed by atoms with Crippen LogP contribution in [0.3, 0.4) is 0 Å². The van der Waals surface area contributed by atoms with Crippen LogP contribution in [-0.2, 0) is 0 Å². The molecule has 98 valence electrons. The molecule has 1 atom stereocenters. The van der Waals surface area contributed by atoms with Crippen molar-refractivity contribution in [3.63, 3.8) is 0 Å². The molecule has 18 heavy (non-hydrogen) atoms. The minimum absolute atomic E-state index is 0.343. The maximum atomic E-state index is 5.98. The van der Waals surface area contributed by atoms with E-state index in [2.05, 4.69) is 52.7 Å². The molecule has 0 spiro atoms. The summed E-state index contributed by atoms with van der Waals surface area (Å²) in [5, 5.41) is 0. The highest BCUT2D eigenvalue weighted by Crippen LogP contribution is 2.33. The average molecular weight is 244 g/mol. The lowest BCUT2D eigenvalue weighted by molar-refractivity contribution is 0.266. The van der Waals surface area contributed by atoms with E-state index in [4.69, 9.17) is 11.2 Å². The monoisotopic (exact) mass is 244 g/mol. The van der Waals surface area contributed by atoms with Crippen molar-refractivity contribution in [1.29, 1.82) is 0 Å². The van der Waals surface area contributed by atoms with E-state index in [0.29, 0.717) is 11.8 Å². The maximum Gasteiger partial charge on any atom is 0.125 e. The van der Waals surface area contributed by atoms with Crippen LogP contribution in [0.1, 0.15) is 49.8 Å². The SMILES string of the molecule is C#CCC(C)c1cc(C)cc(C)c1OCC(C)C. The van der Waals surface area contributed by atoms with Gasteiger partial charge in [0.2, 0.25) is 0 Å². The Labute approximate surface area is 112 Å². The zero-order chi connectivity index (χ0) is 13.7. The second-order valence-corrected chi connectivity index (χ2v) is 5.51. The van der Waals surface area contributed by atoms with Gasteiger partial charge >= 0.3 is 0 Å². The molecule has 0 saturated heterocycles. The molecule has 0 heterocycles. The van der Waals surface area contributed by atoms with E-state index in [1.165, 1.54) is 16.7 Å². The van der Waals surface area contributed by atoms with Gasteiger partial charge in [0.1, 0.15) is 5.75 Å². The van der Waals surface area contributed by atoms with Crippen molar-refractivity contribution in [2.45, 2.75) is 47.0 Å². The van der Waals surface area contributed by atoms with Crippen molar-refractivity contribution >= 4 is 0 Å². The molecule has 1 unspecified atom stereocenters. The Kier molecular flexibility index (Phi) is 5.28. The zero-order valence-corrected chi connectivity index (χ0v) is 12.2. The molecule has 0 N–H and O–H groups in total. The lowest BCUT2D eigenvalue weighted by atomic mass is 9.93. The summed E-state index contributed by atoms with van der Waals surface area (Å²) in [6, 6.07) is 4.37. The minimum Gasteiger partial charge on any atom is -0.493 e. The quantitative estimate of drug-likeness (QED) is 0.695. The van der Waals surface area contributed by atoms with Gasteiger partial charge < -0.3 is 4.74 Å². The van der Waals surface area contributed by atoms with Gasteiger partial charge in [-0.1, -0.05) is 38.5 Å². The number of hydrogen-bond donors (Lipinski definition) is 0. The summed E-state index contributed by atoms with van der Waals surface area (Å²) in [5.74, 6) is 4.64. The molecule has 1 aromatic carbocycles. The van der Waals surface area contributed by atoms with Crippen LogP contribution in [-0.4, -0.2) is 6.61 Å². The molecule has 0 amide bonds. The average Bonchev–Trinajstić information content (AvgIpc) is 2.26. The topological polar surface area (TPSA) is 9.23 Å². The highest BCUT2D eigenvalue weighted by molar-refractivity contribution is 5.46. The van der Waals surface area contributed by atoms with Gasteiger partial charge in [0.05, 0.1) is 6.61 Å². The number of benzene rings is 1. The van der Waals surface area contributed by atoms with Crippen molar-refractivity contribution in [3.8, 4) is 18.1 Å². The van der Waals surface area contributed by atoms with Crippen LogP contribution in [0.4, 0.5) is 0 Å². The molecule has 0 saturated carbocycles. The highest BCUT2D eigenvalue weighted by atomic mass is 16.5. The van der Waals surface area contributed by atoms with Crippen LogP contribution in [0.15, 0.2) is 12.1 Å². The normalized spacial score (nSPS) is 12.3. The Balaban J connectivity index is 3.09. The molecule has 0 bridgehead atoms. The second-order valence-electron chi connectivity index (χ2n) is 5.51. The summed E-state index contributed by atoms with van der Waals surface area (Å²) >= 11 is 0.